The number of esters is 1. The van der Waals surface area contributed by atoms with Gasteiger partial charge in [-0.2, -0.15) is 0 Å². The Balaban J connectivity index is 2.00. The number of carbonyl (C=O) groups excluding carboxylic acids is 1. The molecule has 19 heavy (non-hydrogen) atoms. The zero-order valence-corrected chi connectivity index (χ0v) is 12.4. The lowest BCUT2D eigenvalue weighted by Gasteiger charge is -2.05. The Kier molecular flexibility index (Phi) is 4.50. The number of ether oxygens (including phenoxy) is 1. The summed E-state index contributed by atoms with van der Waals surface area (Å²) in [4.78, 5) is 11.3. The molecule has 6 heteroatoms. The monoisotopic (exact) mass is 343 g/mol. The van der Waals surface area contributed by atoms with E-state index in [0.29, 0.717) is 22.9 Å². The van der Waals surface area contributed by atoms with Gasteiger partial charge in [0, 0.05) is 10.2 Å². The lowest BCUT2D eigenvalue weighted by atomic mass is 10.3. The molecule has 0 aliphatic rings. The Morgan fingerprint density at radius 2 is 2.26 bits per heavy atom. The molecule has 0 aliphatic heterocycles. The molecule has 2 rings (SSSR count). The minimum atomic E-state index is -0.413. The maximum Gasteiger partial charge on any atom is 0.341 e. The summed E-state index contributed by atoms with van der Waals surface area (Å²) in [5, 5.41) is 3.81. The second kappa shape index (κ2) is 6.12. The van der Waals surface area contributed by atoms with Crippen molar-refractivity contribution in [2.45, 2.75) is 6.54 Å². The normalized spacial score (nSPS) is 10.3. The van der Waals surface area contributed by atoms with E-state index in [1.807, 2.05) is 12.1 Å². The van der Waals surface area contributed by atoms with Crippen molar-refractivity contribution in [1.29, 1.82) is 0 Å². The van der Waals surface area contributed by atoms with Crippen LogP contribution in [-0.2, 0) is 11.3 Å². The lowest BCUT2D eigenvalue weighted by Crippen LogP contribution is -2.00. The SMILES string of the molecule is COC(=O)c1coc(CNc2ccc(Cl)c(Br)c2)c1. The van der Waals surface area contributed by atoms with Crippen LogP contribution in [0, 0.1) is 0 Å². The Morgan fingerprint density at radius 3 is 2.95 bits per heavy atom. The van der Waals surface area contributed by atoms with Gasteiger partial charge in [-0.25, -0.2) is 4.79 Å². The molecule has 0 aliphatic carbocycles. The summed E-state index contributed by atoms with van der Waals surface area (Å²) in [7, 11) is 1.33. The highest BCUT2D eigenvalue weighted by molar-refractivity contribution is 9.10. The van der Waals surface area contributed by atoms with Crippen LogP contribution >= 0.6 is 27.5 Å². The summed E-state index contributed by atoms with van der Waals surface area (Å²) in [5.74, 6) is 0.232. The molecule has 0 radical (unpaired) electrons. The molecular formula is C13H11BrClNO3. The second-order valence-corrected chi connectivity index (χ2v) is 5.04. The number of hydrogen-bond acceptors (Lipinski definition) is 4. The van der Waals surface area contributed by atoms with Gasteiger partial charge in [0.1, 0.15) is 12.0 Å². The van der Waals surface area contributed by atoms with E-state index in [1.165, 1.54) is 13.4 Å². The number of halogens is 2. The number of methoxy groups -OCH3 is 1. The number of hydrogen-bond donors (Lipinski definition) is 1. The van der Waals surface area contributed by atoms with Crippen LogP contribution in [-0.4, -0.2) is 13.1 Å². The third kappa shape index (κ3) is 3.52. The molecule has 1 aromatic carbocycles. The topological polar surface area (TPSA) is 51.5 Å². The number of rotatable bonds is 4. The average molecular weight is 345 g/mol. The van der Waals surface area contributed by atoms with Crippen molar-refractivity contribution < 1.29 is 13.9 Å². The first-order chi connectivity index (χ1) is 9.10. The van der Waals surface area contributed by atoms with Gasteiger partial charge >= 0.3 is 5.97 Å². The van der Waals surface area contributed by atoms with Crippen LogP contribution < -0.4 is 5.32 Å². The summed E-state index contributed by atoms with van der Waals surface area (Å²) < 4.78 is 10.7. The Hall–Kier alpha value is -1.46. The van der Waals surface area contributed by atoms with E-state index in [-0.39, 0.29) is 0 Å². The first kappa shape index (κ1) is 14.0. The standard InChI is InChI=1S/C13H11BrClNO3/c1-18-13(17)8-4-10(19-7-8)6-16-9-2-3-12(15)11(14)5-9/h2-5,7,16H,6H2,1H3. The molecule has 4 nitrogen and oxygen atoms in total. The molecule has 0 fully saturated rings. The van der Waals surface area contributed by atoms with Crippen LogP contribution in [0.1, 0.15) is 16.1 Å². The zero-order chi connectivity index (χ0) is 13.8. The fraction of sp³-hybridized carbons (Fsp3) is 0.154. The van der Waals surface area contributed by atoms with E-state index >= 15 is 0 Å². The molecular weight excluding hydrogens is 334 g/mol. The van der Waals surface area contributed by atoms with E-state index in [9.17, 15) is 4.79 Å². The molecule has 1 aromatic heterocycles. The molecule has 1 N–H and O–H groups in total. The summed E-state index contributed by atoms with van der Waals surface area (Å²) in [5.41, 5.74) is 1.30. The molecule has 0 saturated carbocycles. The predicted octanol–water partition coefficient (Wildman–Crippen LogP) is 4.09. The molecule has 1 heterocycles. The third-order valence-corrected chi connectivity index (χ3v) is 3.68. The van der Waals surface area contributed by atoms with Crippen LogP contribution in [0.25, 0.3) is 0 Å². The average Bonchev–Trinajstić information content (AvgIpc) is 2.88. The van der Waals surface area contributed by atoms with Crippen molar-refractivity contribution in [1.82, 2.24) is 0 Å². The van der Waals surface area contributed by atoms with Crippen molar-refractivity contribution in [3.05, 3.63) is 51.3 Å². The van der Waals surface area contributed by atoms with Gasteiger partial charge in [-0.05, 0) is 40.2 Å². The van der Waals surface area contributed by atoms with E-state index in [2.05, 4.69) is 26.0 Å². The summed E-state index contributed by atoms with van der Waals surface area (Å²) in [6.45, 7) is 0.463. The molecule has 2 aromatic rings. The van der Waals surface area contributed by atoms with Crippen LogP contribution in [0.5, 0.6) is 0 Å². The molecule has 0 bridgehead atoms. The van der Waals surface area contributed by atoms with Gasteiger partial charge in [0.05, 0.1) is 24.2 Å². The highest BCUT2D eigenvalue weighted by Crippen LogP contribution is 2.25. The maximum absolute atomic E-state index is 11.3. The van der Waals surface area contributed by atoms with Crippen molar-refractivity contribution in [3.63, 3.8) is 0 Å². The van der Waals surface area contributed by atoms with Crippen LogP contribution in [0.4, 0.5) is 5.69 Å². The second-order valence-electron chi connectivity index (χ2n) is 3.78. The largest absolute Gasteiger partial charge is 0.467 e. The summed E-state index contributed by atoms with van der Waals surface area (Å²) in [6.07, 6.45) is 1.38. The fourth-order valence-electron chi connectivity index (χ4n) is 1.49. The van der Waals surface area contributed by atoms with Gasteiger partial charge in [-0.3, -0.25) is 0 Å². The van der Waals surface area contributed by atoms with Crippen molar-refractivity contribution in [3.8, 4) is 0 Å². The highest BCUT2D eigenvalue weighted by Gasteiger charge is 2.09. The van der Waals surface area contributed by atoms with Gasteiger partial charge < -0.3 is 14.5 Å². The van der Waals surface area contributed by atoms with E-state index in [1.54, 1.807) is 12.1 Å². The molecule has 0 atom stereocenters. The molecule has 0 spiro atoms. The van der Waals surface area contributed by atoms with Crippen LogP contribution in [0.15, 0.2) is 39.4 Å². The minimum absolute atomic E-state index is 0.400. The minimum Gasteiger partial charge on any atom is -0.467 e. The van der Waals surface area contributed by atoms with Crippen molar-refractivity contribution >= 4 is 39.2 Å². The number of benzene rings is 1. The van der Waals surface area contributed by atoms with Gasteiger partial charge in [0.2, 0.25) is 0 Å². The van der Waals surface area contributed by atoms with E-state index in [0.717, 1.165) is 10.2 Å². The van der Waals surface area contributed by atoms with Gasteiger partial charge in [0.15, 0.2) is 0 Å². The summed E-state index contributed by atoms with van der Waals surface area (Å²) >= 11 is 9.26. The number of anilines is 1. The zero-order valence-electron chi connectivity index (χ0n) is 10.1. The van der Waals surface area contributed by atoms with Crippen LogP contribution in [0.3, 0.4) is 0 Å². The van der Waals surface area contributed by atoms with Crippen molar-refractivity contribution in [2.75, 3.05) is 12.4 Å². The van der Waals surface area contributed by atoms with Gasteiger partial charge in [-0.1, -0.05) is 11.6 Å². The number of furan rings is 1. The molecule has 0 amide bonds. The third-order valence-electron chi connectivity index (χ3n) is 2.46. The van der Waals surface area contributed by atoms with E-state index in [4.69, 9.17) is 16.0 Å². The maximum atomic E-state index is 11.3. The Bertz CT molecular complexity index is 597. The van der Waals surface area contributed by atoms with Gasteiger partial charge in [0.25, 0.3) is 0 Å². The Morgan fingerprint density at radius 1 is 1.47 bits per heavy atom. The Labute approximate surface area is 123 Å². The predicted molar refractivity (Wildman–Crippen MR) is 76.5 cm³/mol. The highest BCUT2D eigenvalue weighted by atomic mass is 79.9. The molecule has 0 saturated heterocycles. The lowest BCUT2D eigenvalue weighted by molar-refractivity contribution is 0.0600. The van der Waals surface area contributed by atoms with Gasteiger partial charge in [-0.15, -0.1) is 0 Å². The summed E-state index contributed by atoms with van der Waals surface area (Å²) in [6, 6.07) is 7.16. The smallest absolute Gasteiger partial charge is 0.341 e. The first-order valence-corrected chi connectivity index (χ1v) is 6.62. The fourth-order valence-corrected chi connectivity index (χ4v) is 1.99. The quantitative estimate of drug-likeness (QED) is 0.849. The number of carbonyl (C=O) groups is 1. The van der Waals surface area contributed by atoms with E-state index < -0.39 is 5.97 Å². The van der Waals surface area contributed by atoms with Crippen LogP contribution in [0.2, 0.25) is 5.02 Å². The first-order valence-electron chi connectivity index (χ1n) is 5.45. The van der Waals surface area contributed by atoms with Crippen molar-refractivity contribution in [2.24, 2.45) is 0 Å². The molecule has 100 valence electrons. The number of nitrogens with one attached hydrogen (secondary N) is 1. The molecule has 0 unspecified atom stereocenters.